The van der Waals surface area contributed by atoms with E-state index in [2.05, 4.69) is 4.90 Å². The highest BCUT2D eigenvalue weighted by Gasteiger charge is 2.23. The average Bonchev–Trinajstić information content (AvgIpc) is 2.77. The van der Waals surface area contributed by atoms with Crippen LogP contribution in [0.15, 0.2) is 30.3 Å². The van der Waals surface area contributed by atoms with Crippen molar-refractivity contribution in [1.29, 1.82) is 0 Å². The number of carboxylic acids is 1. The van der Waals surface area contributed by atoms with Crippen LogP contribution in [0.3, 0.4) is 0 Å². The fourth-order valence-corrected chi connectivity index (χ4v) is 2.34. The molecule has 1 fully saturated rings. The predicted octanol–water partition coefficient (Wildman–Crippen LogP) is 1.86. The quantitative estimate of drug-likeness (QED) is 0.836. The zero-order valence-electron chi connectivity index (χ0n) is 10.4. The zero-order valence-corrected chi connectivity index (χ0v) is 10.4. The molecule has 1 heterocycles. The first-order valence-electron chi connectivity index (χ1n) is 6.36. The maximum absolute atomic E-state index is 10.6. The summed E-state index contributed by atoms with van der Waals surface area (Å²) in [5, 5.41) is 8.74. The van der Waals surface area contributed by atoms with E-state index in [0.29, 0.717) is 12.5 Å². The third kappa shape index (κ3) is 4.04. The molecule has 1 atom stereocenters. The molecular formula is C14H19NO3. The van der Waals surface area contributed by atoms with Crippen LogP contribution < -0.4 is 4.74 Å². The lowest BCUT2D eigenvalue weighted by Gasteiger charge is -2.15. The second-order valence-electron chi connectivity index (χ2n) is 4.71. The minimum atomic E-state index is -0.692. The first kappa shape index (κ1) is 12.9. The van der Waals surface area contributed by atoms with E-state index in [-0.39, 0.29) is 6.42 Å². The van der Waals surface area contributed by atoms with Crippen molar-refractivity contribution in [2.45, 2.75) is 12.8 Å². The summed E-state index contributed by atoms with van der Waals surface area (Å²) in [6.45, 7) is 3.38. The Morgan fingerprint density at radius 2 is 2.17 bits per heavy atom. The molecule has 0 bridgehead atoms. The Morgan fingerprint density at radius 1 is 1.39 bits per heavy atom. The molecule has 0 aliphatic carbocycles. The van der Waals surface area contributed by atoms with Crippen LogP contribution in [0.2, 0.25) is 0 Å². The largest absolute Gasteiger partial charge is 0.492 e. The van der Waals surface area contributed by atoms with Gasteiger partial charge in [-0.1, -0.05) is 18.2 Å². The molecular weight excluding hydrogens is 230 g/mol. The molecule has 4 heteroatoms. The van der Waals surface area contributed by atoms with Gasteiger partial charge in [-0.15, -0.1) is 0 Å². The number of ether oxygens (including phenoxy) is 1. The second kappa shape index (κ2) is 6.40. The lowest BCUT2D eigenvalue weighted by Crippen LogP contribution is -2.26. The molecule has 2 rings (SSSR count). The van der Waals surface area contributed by atoms with Crippen LogP contribution in [-0.4, -0.2) is 42.2 Å². The van der Waals surface area contributed by atoms with Crippen LogP contribution in [-0.2, 0) is 4.79 Å². The standard InChI is InChI=1S/C14H19NO3/c16-14(17)10-12-6-7-15(11-12)8-9-18-13-4-2-1-3-5-13/h1-5,12H,6-11H2,(H,16,17). The molecule has 1 aliphatic rings. The number of benzene rings is 1. The summed E-state index contributed by atoms with van der Waals surface area (Å²) >= 11 is 0. The summed E-state index contributed by atoms with van der Waals surface area (Å²) in [6.07, 6.45) is 1.27. The van der Waals surface area contributed by atoms with Crippen LogP contribution in [0.4, 0.5) is 0 Å². The molecule has 0 amide bonds. The fraction of sp³-hybridized carbons (Fsp3) is 0.500. The summed E-state index contributed by atoms with van der Waals surface area (Å²) < 4.78 is 5.63. The van der Waals surface area contributed by atoms with Gasteiger partial charge in [0.05, 0.1) is 0 Å². The van der Waals surface area contributed by atoms with Crippen molar-refractivity contribution in [2.24, 2.45) is 5.92 Å². The summed E-state index contributed by atoms with van der Waals surface area (Å²) in [6, 6.07) is 9.75. The minimum absolute atomic E-state index is 0.288. The summed E-state index contributed by atoms with van der Waals surface area (Å²) in [5.74, 6) is 0.500. The van der Waals surface area contributed by atoms with E-state index >= 15 is 0 Å². The highest BCUT2D eigenvalue weighted by atomic mass is 16.5. The molecule has 1 aromatic rings. The molecule has 0 spiro atoms. The van der Waals surface area contributed by atoms with Crippen molar-refractivity contribution < 1.29 is 14.6 Å². The van der Waals surface area contributed by atoms with Gasteiger partial charge >= 0.3 is 5.97 Å². The van der Waals surface area contributed by atoms with Crippen LogP contribution in [0.25, 0.3) is 0 Å². The summed E-state index contributed by atoms with van der Waals surface area (Å²) in [5.41, 5.74) is 0. The number of carbonyl (C=O) groups is 1. The van der Waals surface area contributed by atoms with Gasteiger partial charge in [-0.2, -0.15) is 0 Å². The van der Waals surface area contributed by atoms with Gasteiger partial charge in [0.15, 0.2) is 0 Å². The second-order valence-corrected chi connectivity index (χ2v) is 4.71. The Balaban J connectivity index is 1.65. The summed E-state index contributed by atoms with van der Waals surface area (Å²) in [7, 11) is 0. The van der Waals surface area contributed by atoms with Crippen molar-refractivity contribution in [3.8, 4) is 5.75 Å². The maximum Gasteiger partial charge on any atom is 0.303 e. The van der Waals surface area contributed by atoms with E-state index < -0.39 is 5.97 Å². The first-order chi connectivity index (χ1) is 8.74. The molecule has 4 nitrogen and oxygen atoms in total. The van der Waals surface area contributed by atoms with Crippen molar-refractivity contribution in [1.82, 2.24) is 4.90 Å². The predicted molar refractivity (Wildman–Crippen MR) is 68.7 cm³/mol. The van der Waals surface area contributed by atoms with Crippen LogP contribution in [0.1, 0.15) is 12.8 Å². The molecule has 1 aliphatic heterocycles. The molecule has 1 aromatic carbocycles. The Morgan fingerprint density at radius 3 is 2.89 bits per heavy atom. The number of aliphatic carboxylic acids is 1. The monoisotopic (exact) mass is 249 g/mol. The Kier molecular flexibility index (Phi) is 4.59. The molecule has 1 N–H and O–H groups in total. The van der Waals surface area contributed by atoms with E-state index in [4.69, 9.17) is 9.84 Å². The fourth-order valence-electron chi connectivity index (χ4n) is 2.34. The normalized spacial score (nSPS) is 19.9. The molecule has 1 saturated heterocycles. The number of likely N-dealkylation sites (tertiary alicyclic amines) is 1. The van der Waals surface area contributed by atoms with E-state index in [1.165, 1.54) is 0 Å². The lowest BCUT2D eigenvalue weighted by molar-refractivity contribution is -0.138. The maximum atomic E-state index is 10.6. The molecule has 98 valence electrons. The van der Waals surface area contributed by atoms with Crippen LogP contribution >= 0.6 is 0 Å². The number of rotatable bonds is 6. The number of carboxylic acid groups (broad SMARTS) is 1. The SMILES string of the molecule is O=C(O)CC1CCN(CCOc2ccccc2)C1. The number of hydrogen-bond donors (Lipinski definition) is 1. The number of para-hydroxylation sites is 1. The summed E-state index contributed by atoms with van der Waals surface area (Å²) in [4.78, 5) is 12.9. The molecule has 0 aromatic heterocycles. The van der Waals surface area contributed by atoms with Crippen molar-refractivity contribution >= 4 is 5.97 Å². The van der Waals surface area contributed by atoms with Gasteiger partial charge in [0, 0.05) is 19.5 Å². The van der Waals surface area contributed by atoms with Crippen molar-refractivity contribution in [3.63, 3.8) is 0 Å². The highest BCUT2D eigenvalue weighted by molar-refractivity contribution is 5.67. The highest BCUT2D eigenvalue weighted by Crippen LogP contribution is 2.19. The number of hydrogen-bond acceptors (Lipinski definition) is 3. The molecule has 0 radical (unpaired) electrons. The molecule has 1 unspecified atom stereocenters. The van der Waals surface area contributed by atoms with Gasteiger partial charge in [-0.3, -0.25) is 9.69 Å². The first-order valence-corrected chi connectivity index (χ1v) is 6.36. The molecule has 18 heavy (non-hydrogen) atoms. The van der Waals surface area contributed by atoms with Gasteiger partial charge < -0.3 is 9.84 Å². The van der Waals surface area contributed by atoms with E-state index in [1.807, 2.05) is 30.3 Å². The van der Waals surface area contributed by atoms with E-state index in [1.54, 1.807) is 0 Å². The third-order valence-corrected chi connectivity index (χ3v) is 3.25. The van der Waals surface area contributed by atoms with Crippen molar-refractivity contribution in [3.05, 3.63) is 30.3 Å². The zero-order chi connectivity index (χ0) is 12.8. The third-order valence-electron chi connectivity index (χ3n) is 3.25. The van der Waals surface area contributed by atoms with Gasteiger partial charge in [0.2, 0.25) is 0 Å². The smallest absolute Gasteiger partial charge is 0.303 e. The average molecular weight is 249 g/mol. The van der Waals surface area contributed by atoms with Gasteiger partial charge in [0.1, 0.15) is 12.4 Å². The Bertz CT molecular complexity index is 380. The van der Waals surface area contributed by atoms with Crippen LogP contribution in [0.5, 0.6) is 5.75 Å². The number of nitrogens with zero attached hydrogens (tertiary/aromatic N) is 1. The Labute approximate surface area is 107 Å². The van der Waals surface area contributed by atoms with Gasteiger partial charge in [0.25, 0.3) is 0 Å². The van der Waals surface area contributed by atoms with Gasteiger partial charge in [-0.05, 0) is 31.0 Å². The molecule has 0 saturated carbocycles. The van der Waals surface area contributed by atoms with Crippen LogP contribution in [0, 0.1) is 5.92 Å². The van der Waals surface area contributed by atoms with E-state index in [9.17, 15) is 4.79 Å². The topological polar surface area (TPSA) is 49.8 Å². The minimum Gasteiger partial charge on any atom is -0.492 e. The van der Waals surface area contributed by atoms with E-state index in [0.717, 1.165) is 31.8 Å². The van der Waals surface area contributed by atoms with Crippen molar-refractivity contribution in [2.75, 3.05) is 26.2 Å². The van der Waals surface area contributed by atoms with Gasteiger partial charge in [-0.25, -0.2) is 0 Å². The lowest BCUT2D eigenvalue weighted by atomic mass is 10.1. The Hall–Kier alpha value is -1.55.